The van der Waals surface area contributed by atoms with E-state index in [1.807, 2.05) is 17.1 Å². The minimum Gasteiger partial charge on any atom is -0.379 e. The van der Waals surface area contributed by atoms with Gasteiger partial charge in [0, 0.05) is 38.8 Å². The monoisotopic (exact) mass is 293 g/mol. The molecule has 21 heavy (non-hydrogen) atoms. The number of nitrogens with two attached hydrogens (primary N) is 1. The normalized spacial score (nSPS) is 31.8. The Morgan fingerprint density at radius 1 is 1.14 bits per heavy atom. The molecule has 0 saturated carbocycles. The van der Waals surface area contributed by atoms with Gasteiger partial charge < -0.3 is 15.4 Å². The summed E-state index contributed by atoms with van der Waals surface area (Å²) in [5.74, 6) is 1.04. The SMILES string of the molecule is NC1C=CC(C(=O)N2CCC(CN3CCOCC3)CC2)C1. The molecule has 1 aliphatic carbocycles. The highest BCUT2D eigenvalue weighted by atomic mass is 16.5. The average molecular weight is 293 g/mol. The minimum absolute atomic E-state index is 0.0239. The quantitative estimate of drug-likeness (QED) is 0.768. The number of ether oxygens (including phenoxy) is 1. The smallest absolute Gasteiger partial charge is 0.229 e. The Balaban J connectivity index is 1.42. The molecule has 2 saturated heterocycles. The summed E-state index contributed by atoms with van der Waals surface area (Å²) in [4.78, 5) is 17.0. The van der Waals surface area contributed by atoms with Gasteiger partial charge in [-0.2, -0.15) is 0 Å². The molecule has 2 unspecified atom stereocenters. The molecule has 5 heteroatoms. The van der Waals surface area contributed by atoms with E-state index in [0.29, 0.717) is 0 Å². The molecule has 0 radical (unpaired) electrons. The van der Waals surface area contributed by atoms with Gasteiger partial charge in [-0.05, 0) is 25.2 Å². The summed E-state index contributed by atoms with van der Waals surface area (Å²) in [6.07, 6.45) is 7.00. The maximum absolute atomic E-state index is 12.4. The van der Waals surface area contributed by atoms with Crippen molar-refractivity contribution in [1.29, 1.82) is 0 Å². The number of hydrogen-bond acceptors (Lipinski definition) is 4. The largest absolute Gasteiger partial charge is 0.379 e. The van der Waals surface area contributed by atoms with Crippen molar-refractivity contribution in [3.8, 4) is 0 Å². The summed E-state index contributed by atoms with van der Waals surface area (Å²) in [5.41, 5.74) is 5.85. The molecule has 3 aliphatic rings. The first kappa shape index (κ1) is 15.0. The van der Waals surface area contributed by atoms with Crippen LogP contribution in [0.5, 0.6) is 0 Å². The Bertz CT molecular complexity index is 385. The van der Waals surface area contributed by atoms with E-state index in [4.69, 9.17) is 10.5 Å². The molecule has 2 atom stereocenters. The number of nitrogens with zero attached hydrogens (tertiary/aromatic N) is 2. The maximum atomic E-state index is 12.4. The summed E-state index contributed by atoms with van der Waals surface area (Å²) in [6.45, 7) is 6.84. The summed E-state index contributed by atoms with van der Waals surface area (Å²) in [5, 5.41) is 0. The van der Waals surface area contributed by atoms with E-state index in [0.717, 1.165) is 64.6 Å². The van der Waals surface area contributed by atoms with Crippen molar-refractivity contribution in [3.63, 3.8) is 0 Å². The van der Waals surface area contributed by atoms with Crippen LogP contribution in [-0.2, 0) is 9.53 Å². The fourth-order valence-corrected chi connectivity index (χ4v) is 3.63. The molecule has 3 rings (SSSR count). The van der Waals surface area contributed by atoms with Gasteiger partial charge in [0.2, 0.25) is 5.91 Å². The summed E-state index contributed by atoms with van der Waals surface area (Å²) < 4.78 is 5.39. The van der Waals surface area contributed by atoms with Gasteiger partial charge in [0.15, 0.2) is 0 Å². The third kappa shape index (κ3) is 3.84. The highest BCUT2D eigenvalue weighted by Gasteiger charge is 2.30. The second-order valence-corrected chi connectivity index (χ2v) is 6.57. The van der Waals surface area contributed by atoms with Crippen LogP contribution in [0.3, 0.4) is 0 Å². The number of piperidine rings is 1. The third-order valence-electron chi connectivity index (χ3n) is 4.98. The molecular formula is C16H27N3O2. The van der Waals surface area contributed by atoms with Crippen LogP contribution in [0.25, 0.3) is 0 Å². The second-order valence-electron chi connectivity index (χ2n) is 6.57. The first-order chi connectivity index (χ1) is 10.2. The number of likely N-dealkylation sites (tertiary alicyclic amines) is 1. The van der Waals surface area contributed by atoms with Crippen LogP contribution in [0, 0.1) is 11.8 Å². The van der Waals surface area contributed by atoms with Crippen molar-refractivity contribution in [2.45, 2.75) is 25.3 Å². The van der Waals surface area contributed by atoms with Crippen LogP contribution in [0.15, 0.2) is 12.2 Å². The van der Waals surface area contributed by atoms with Crippen molar-refractivity contribution in [1.82, 2.24) is 9.80 Å². The van der Waals surface area contributed by atoms with Crippen LogP contribution in [0.1, 0.15) is 19.3 Å². The highest BCUT2D eigenvalue weighted by Crippen LogP contribution is 2.24. The lowest BCUT2D eigenvalue weighted by Gasteiger charge is -2.36. The topological polar surface area (TPSA) is 58.8 Å². The number of amides is 1. The zero-order valence-corrected chi connectivity index (χ0v) is 12.7. The predicted molar refractivity (Wildman–Crippen MR) is 81.8 cm³/mol. The second kappa shape index (κ2) is 6.90. The van der Waals surface area contributed by atoms with E-state index in [1.165, 1.54) is 6.54 Å². The molecule has 0 spiro atoms. The average Bonchev–Trinajstić information content (AvgIpc) is 2.95. The van der Waals surface area contributed by atoms with Gasteiger partial charge in [-0.1, -0.05) is 12.2 Å². The Hall–Kier alpha value is -0.910. The Kier molecular flexibility index (Phi) is 4.93. The molecule has 2 heterocycles. The lowest BCUT2D eigenvalue weighted by atomic mass is 9.94. The lowest BCUT2D eigenvalue weighted by molar-refractivity contribution is -0.135. The fourth-order valence-electron chi connectivity index (χ4n) is 3.63. The van der Waals surface area contributed by atoms with Crippen molar-refractivity contribution in [2.75, 3.05) is 45.9 Å². The van der Waals surface area contributed by atoms with Crippen LogP contribution in [0.2, 0.25) is 0 Å². The highest BCUT2D eigenvalue weighted by molar-refractivity contribution is 5.81. The van der Waals surface area contributed by atoms with Crippen molar-refractivity contribution in [2.24, 2.45) is 17.6 Å². The van der Waals surface area contributed by atoms with Gasteiger partial charge in [-0.15, -0.1) is 0 Å². The zero-order valence-electron chi connectivity index (χ0n) is 12.7. The van der Waals surface area contributed by atoms with Crippen molar-refractivity contribution >= 4 is 5.91 Å². The molecule has 2 aliphatic heterocycles. The summed E-state index contributed by atoms with van der Waals surface area (Å²) >= 11 is 0. The molecule has 0 aromatic carbocycles. The molecule has 2 fully saturated rings. The summed E-state index contributed by atoms with van der Waals surface area (Å²) in [7, 11) is 0. The van der Waals surface area contributed by atoms with Crippen LogP contribution >= 0.6 is 0 Å². The van der Waals surface area contributed by atoms with Gasteiger partial charge in [0.05, 0.1) is 19.1 Å². The first-order valence-electron chi connectivity index (χ1n) is 8.25. The van der Waals surface area contributed by atoms with E-state index in [2.05, 4.69) is 4.90 Å². The molecule has 2 N–H and O–H groups in total. The van der Waals surface area contributed by atoms with E-state index in [1.54, 1.807) is 0 Å². The Labute approximate surface area is 127 Å². The molecule has 5 nitrogen and oxygen atoms in total. The molecule has 0 aromatic rings. The molecule has 1 amide bonds. The van der Waals surface area contributed by atoms with Crippen LogP contribution in [0.4, 0.5) is 0 Å². The van der Waals surface area contributed by atoms with Crippen molar-refractivity contribution < 1.29 is 9.53 Å². The van der Waals surface area contributed by atoms with E-state index < -0.39 is 0 Å². The third-order valence-corrected chi connectivity index (χ3v) is 4.98. The van der Waals surface area contributed by atoms with E-state index >= 15 is 0 Å². The summed E-state index contributed by atoms with van der Waals surface area (Å²) in [6, 6.07) is 0.0674. The van der Waals surface area contributed by atoms with Gasteiger partial charge in [-0.3, -0.25) is 9.69 Å². The zero-order chi connectivity index (χ0) is 14.7. The van der Waals surface area contributed by atoms with E-state index in [9.17, 15) is 4.79 Å². The number of rotatable bonds is 3. The Morgan fingerprint density at radius 3 is 2.48 bits per heavy atom. The first-order valence-corrected chi connectivity index (χ1v) is 8.25. The van der Waals surface area contributed by atoms with Crippen molar-refractivity contribution in [3.05, 3.63) is 12.2 Å². The maximum Gasteiger partial charge on any atom is 0.229 e. The molecular weight excluding hydrogens is 266 g/mol. The minimum atomic E-state index is 0.0239. The molecule has 118 valence electrons. The number of hydrogen-bond donors (Lipinski definition) is 1. The molecule has 0 bridgehead atoms. The fraction of sp³-hybridized carbons (Fsp3) is 0.812. The van der Waals surface area contributed by atoms with Crippen LogP contribution < -0.4 is 5.73 Å². The number of morpholine rings is 1. The van der Waals surface area contributed by atoms with Gasteiger partial charge >= 0.3 is 0 Å². The van der Waals surface area contributed by atoms with Crippen LogP contribution in [-0.4, -0.2) is 67.7 Å². The van der Waals surface area contributed by atoms with Gasteiger partial charge in [0.1, 0.15) is 0 Å². The standard InChI is InChI=1S/C16H27N3O2/c17-15-2-1-14(11-15)16(20)19-5-3-13(4-6-19)12-18-7-9-21-10-8-18/h1-2,13-15H,3-12,17H2. The Morgan fingerprint density at radius 2 is 1.86 bits per heavy atom. The lowest BCUT2D eigenvalue weighted by Crippen LogP contribution is -2.45. The van der Waals surface area contributed by atoms with Gasteiger partial charge in [-0.25, -0.2) is 0 Å². The number of carbonyl (C=O) groups excluding carboxylic acids is 1. The molecule has 0 aromatic heterocycles. The predicted octanol–water partition coefficient (Wildman–Crippen LogP) is 0.461. The number of carbonyl (C=O) groups is 1. The van der Waals surface area contributed by atoms with Gasteiger partial charge in [0.25, 0.3) is 0 Å². The van der Waals surface area contributed by atoms with E-state index in [-0.39, 0.29) is 17.9 Å².